The molecule has 5 nitrogen and oxygen atoms in total. The molecule has 0 spiro atoms. The molecule has 0 saturated carbocycles. The number of hydrazine groups is 1. The van der Waals surface area contributed by atoms with Crippen LogP contribution < -0.4 is 10.3 Å². The highest BCUT2D eigenvalue weighted by molar-refractivity contribution is 7.89. The lowest BCUT2D eigenvalue weighted by atomic mass is 9.90. The van der Waals surface area contributed by atoms with Crippen molar-refractivity contribution < 1.29 is 26.4 Å². The molecule has 1 amide bonds. The number of sulfonamides is 1. The molecule has 1 heterocycles. The number of carbonyl (C=O) groups excluding carboxylic acids is 1. The third-order valence-corrected chi connectivity index (χ3v) is 6.64. The Kier molecular flexibility index (Phi) is 5.09. The van der Waals surface area contributed by atoms with Gasteiger partial charge in [-0.2, -0.15) is 0 Å². The van der Waals surface area contributed by atoms with Crippen molar-refractivity contribution in [1.82, 2.24) is 10.3 Å². The lowest BCUT2D eigenvalue weighted by Gasteiger charge is -2.16. The molecule has 1 atom stereocenters. The van der Waals surface area contributed by atoms with Gasteiger partial charge in [-0.25, -0.2) is 21.6 Å². The number of halogens is 3. The van der Waals surface area contributed by atoms with Gasteiger partial charge in [0.05, 0.1) is 4.88 Å². The second-order valence-corrected chi connectivity index (χ2v) is 8.93. The Morgan fingerprint density at radius 3 is 2.69 bits per heavy atom. The zero-order valence-electron chi connectivity index (χ0n) is 13.6. The van der Waals surface area contributed by atoms with Crippen LogP contribution in [0.5, 0.6) is 0 Å². The van der Waals surface area contributed by atoms with Crippen LogP contribution >= 0.6 is 11.3 Å². The summed E-state index contributed by atoms with van der Waals surface area (Å²) in [6.45, 7) is 2.12. The summed E-state index contributed by atoms with van der Waals surface area (Å²) in [7, 11) is -4.60. The zero-order chi connectivity index (χ0) is 19.1. The number of nitrogens with one attached hydrogen (secondary N) is 2. The maximum atomic E-state index is 13.7. The number of aryl methyl sites for hydroxylation is 1. The third-order valence-electron chi connectivity index (χ3n) is 4.14. The number of thiophene rings is 1. The Morgan fingerprint density at radius 1 is 1.23 bits per heavy atom. The fourth-order valence-electron chi connectivity index (χ4n) is 2.76. The summed E-state index contributed by atoms with van der Waals surface area (Å²) in [5.41, 5.74) is 3.03. The average Bonchev–Trinajstić information content (AvgIpc) is 3.00. The lowest BCUT2D eigenvalue weighted by Crippen LogP contribution is -2.41. The van der Waals surface area contributed by atoms with Crippen LogP contribution in [-0.2, 0) is 22.9 Å². The van der Waals surface area contributed by atoms with E-state index in [0.29, 0.717) is 22.9 Å². The van der Waals surface area contributed by atoms with Crippen LogP contribution in [0.3, 0.4) is 0 Å². The maximum Gasteiger partial charge on any atom is 0.276 e. The predicted octanol–water partition coefficient (Wildman–Crippen LogP) is 2.91. The molecular weight excluding hydrogens is 389 g/mol. The molecule has 10 heteroatoms. The third kappa shape index (κ3) is 3.62. The van der Waals surface area contributed by atoms with Gasteiger partial charge in [0.2, 0.25) is 0 Å². The number of hydrogen-bond acceptors (Lipinski definition) is 4. The molecule has 3 rings (SSSR count). The standard InChI is InChI=1S/C16H15F3N2O3S2/c1-8-2-4-11-9(6-8)7-12(25-11)16(22)20-21-26(23,24)13-5-3-10(17)14(18)15(13)19/h3,5,7-8,21H,2,4,6H2,1H3,(H,20,22)/t8-/m1/s1. The molecule has 140 valence electrons. The highest BCUT2D eigenvalue weighted by Crippen LogP contribution is 2.32. The van der Waals surface area contributed by atoms with Crippen molar-refractivity contribution in [3.63, 3.8) is 0 Å². The first kappa shape index (κ1) is 18.9. The monoisotopic (exact) mass is 404 g/mol. The Hall–Kier alpha value is -1.91. The Labute approximate surface area is 152 Å². The average molecular weight is 404 g/mol. The summed E-state index contributed by atoms with van der Waals surface area (Å²) in [5.74, 6) is -5.46. The van der Waals surface area contributed by atoms with E-state index < -0.39 is 38.3 Å². The minimum atomic E-state index is -4.60. The topological polar surface area (TPSA) is 75.3 Å². The fourth-order valence-corrected chi connectivity index (χ4v) is 4.78. The molecule has 26 heavy (non-hydrogen) atoms. The number of rotatable bonds is 4. The van der Waals surface area contributed by atoms with E-state index in [2.05, 4.69) is 6.92 Å². The van der Waals surface area contributed by atoms with Gasteiger partial charge in [-0.1, -0.05) is 6.92 Å². The largest absolute Gasteiger partial charge is 0.276 e. The molecule has 1 aliphatic rings. The van der Waals surface area contributed by atoms with Crippen LogP contribution in [0.4, 0.5) is 13.2 Å². The number of amides is 1. The van der Waals surface area contributed by atoms with E-state index in [1.165, 1.54) is 11.3 Å². The van der Waals surface area contributed by atoms with Crippen molar-refractivity contribution in [2.24, 2.45) is 5.92 Å². The molecule has 0 radical (unpaired) electrons. The molecule has 1 aromatic carbocycles. The number of fused-ring (bicyclic) bond motifs is 1. The van der Waals surface area contributed by atoms with Crippen molar-refractivity contribution in [2.75, 3.05) is 0 Å². The Morgan fingerprint density at radius 2 is 1.96 bits per heavy atom. The van der Waals surface area contributed by atoms with Crippen LogP contribution in [-0.4, -0.2) is 14.3 Å². The summed E-state index contributed by atoms with van der Waals surface area (Å²) < 4.78 is 63.9. The van der Waals surface area contributed by atoms with Gasteiger partial charge in [-0.05, 0) is 48.9 Å². The van der Waals surface area contributed by atoms with Crippen molar-refractivity contribution >= 4 is 27.3 Å². The van der Waals surface area contributed by atoms with Gasteiger partial charge in [-0.15, -0.1) is 16.2 Å². The molecule has 2 aromatic rings. The first-order valence-corrected chi connectivity index (χ1v) is 10.1. The molecule has 2 N–H and O–H groups in total. The van der Waals surface area contributed by atoms with Crippen molar-refractivity contribution in [1.29, 1.82) is 0 Å². The van der Waals surface area contributed by atoms with Crippen LogP contribution in [0.15, 0.2) is 23.1 Å². The van der Waals surface area contributed by atoms with Crippen LogP contribution in [0.1, 0.15) is 33.5 Å². The van der Waals surface area contributed by atoms with Crippen molar-refractivity contribution in [3.05, 3.63) is 51.0 Å². The van der Waals surface area contributed by atoms with Gasteiger partial charge in [-0.3, -0.25) is 10.2 Å². The van der Waals surface area contributed by atoms with Gasteiger partial charge in [0, 0.05) is 4.88 Å². The first-order valence-electron chi connectivity index (χ1n) is 7.76. The lowest BCUT2D eigenvalue weighted by molar-refractivity contribution is 0.0949. The van der Waals surface area contributed by atoms with Crippen LogP contribution in [0.25, 0.3) is 0 Å². The van der Waals surface area contributed by atoms with E-state index in [-0.39, 0.29) is 0 Å². The zero-order valence-corrected chi connectivity index (χ0v) is 15.2. The maximum absolute atomic E-state index is 13.7. The Bertz CT molecular complexity index is 973. The summed E-state index contributed by atoms with van der Waals surface area (Å²) >= 11 is 1.27. The number of hydrogen-bond donors (Lipinski definition) is 2. The van der Waals surface area contributed by atoms with E-state index in [4.69, 9.17) is 0 Å². The van der Waals surface area contributed by atoms with Gasteiger partial charge < -0.3 is 0 Å². The number of benzene rings is 1. The van der Waals surface area contributed by atoms with E-state index in [1.807, 2.05) is 5.43 Å². The van der Waals surface area contributed by atoms with Gasteiger partial charge in [0.25, 0.3) is 15.9 Å². The quantitative estimate of drug-likeness (QED) is 0.608. The summed E-state index contributed by atoms with van der Waals surface area (Å²) in [6, 6.07) is 2.77. The van der Waals surface area contributed by atoms with E-state index in [0.717, 1.165) is 29.7 Å². The molecule has 0 unspecified atom stereocenters. The normalized spacial score (nSPS) is 17.0. The van der Waals surface area contributed by atoms with Gasteiger partial charge in [0.15, 0.2) is 17.5 Å². The summed E-state index contributed by atoms with van der Waals surface area (Å²) in [4.78, 5) is 14.2. The van der Waals surface area contributed by atoms with E-state index >= 15 is 0 Å². The second-order valence-electron chi connectivity index (χ2n) is 6.14. The van der Waals surface area contributed by atoms with Crippen LogP contribution in [0, 0.1) is 23.4 Å². The van der Waals surface area contributed by atoms with Crippen molar-refractivity contribution in [2.45, 2.75) is 31.1 Å². The second kappa shape index (κ2) is 7.01. The SMILES string of the molecule is C[C@@H]1CCc2sc(C(=O)NNS(=O)(=O)c3ccc(F)c(F)c3F)cc2C1. The molecule has 1 aliphatic carbocycles. The first-order chi connectivity index (χ1) is 12.2. The van der Waals surface area contributed by atoms with Crippen LogP contribution in [0.2, 0.25) is 0 Å². The van der Waals surface area contributed by atoms with E-state index in [9.17, 15) is 26.4 Å². The van der Waals surface area contributed by atoms with Gasteiger partial charge in [0.1, 0.15) is 4.90 Å². The van der Waals surface area contributed by atoms with Crippen molar-refractivity contribution in [3.8, 4) is 0 Å². The molecule has 0 saturated heterocycles. The molecule has 0 fully saturated rings. The summed E-state index contributed by atoms with van der Waals surface area (Å²) in [6.07, 6.45) is 2.74. The number of carbonyl (C=O) groups is 1. The highest BCUT2D eigenvalue weighted by Gasteiger charge is 2.26. The Balaban J connectivity index is 1.74. The summed E-state index contributed by atoms with van der Waals surface area (Å²) in [5, 5.41) is 0. The fraction of sp³-hybridized carbons (Fsp3) is 0.312. The minimum absolute atomic E-state index is 0.317. The van der Waals surface area contributed by atoms with Gasteiger partial charge >= 0.3 is 0 Å². The minimum Gasteiger partial charge on any atom is -0.273 e. The predicted molar refractivity (Wildman–Crippen MR) is 89.6 cm³/mol. The molecular formula is C16H15F3N2O3S2. The molecule has 0 bridgehead atoms. The van der Waals surface area contributed by atoms with E-state index in [1.54, 1.807) is 10.9 Å². The highest BCUT2D eigenvalue weighted by atomic mass is 32.2. The molecule has 0 aliphatic heterocycles. The molecule has 1 aromatic heterocycles. The smallest absolute Gasteiger partial charge is 0.273 e.